The highest BCUT2D eigenvalue weighted by Crippen LogP contribution is 2.00. The van der Waals surface area contributed by atoms with Crippen molar-refractivity contribution in [2.45, 2.75) is 13.3 Å². The Morgan fingerprint density at radius 3 is 3.10 bits per heavy atom. The minimum Gasteiger partial charge on any atom is -0.358 e. The first-order valence-corrected chi connectivity index (χ1v) is 3.47. The van der Waals surface area contributed by atoms with Gasteiger partial charge in [-0.2, -0.15) is 5.26 Å². The molecule has 1 aliphatic heterocycles. The van der Waals surface area contributed by atoms with Crippen LogP contribution in [0.3, 0.4) is 0 Å². The van der Waals surface area contributed by atoms with Crippen molar-refractivity contribution in [3.05, 3.63) is 0 Å². The van der Waals surface area contributed by atoms with E-state index in [1.165, 1.54) is 0 Å². The SMILES string of the molecule is CC1=NCCN1CCC#N. The van der Waals surface area contributed by atoms with Crippen LogP contribution in [-0.4, -0.2) is 30.4 Å². The number of hydrogen-bond acceptors (Lipinski definition) is 3. The zero-order valence-corrected chi connectivity index (χ0v) is 6.17. The van der Waals surface area contributed by atoms with Gasteiger partial charge in [-0.25, -0.2) is 0 Å². The smallest absolute Gasteiger partial charge is 0.0959 e. The van der Waals surface area contributed by atoms with E-state index >= 15 is 0 Å². The Morgan fingerprint density at radius 1 is 1.80 bits per heavy atom. The molecule has 3 heteroatoms. The van der Waals surface area contributed by atoms with Crippen LogP contribution in [0.1, 0.15) is 13.3 Å². The van der Waals surface area contributed by atoms with Crippen LogP contribution in [0.2, 0.25) is 0 Å². The lowest BCUT2D eigenvalue weighted by molar-refractivity contribution is 0.465. The Kier molecular flexibility index (Phi) is 2.27. The van der Waals surface area contributed by atoms with Crippen LogP contribution in [0, 0.1) is 11.3 Å². The molecule has 1 aliphatic rings. The molecular weight excluding hydrogens is 126 g/mol. The van der Waals surface area contributed by atoms with Gasteiger partial charge in [-0.3, -0.25) is 4.99 Å². The average Bonchev–Trinajstić information content (AvgIpc) is 2.31. The van der Waals surface area contributed by atoms with Crippen molar-refractivity contribution in [2.24, 2.45) is 4.99 Å². The second-order valence-electron chi connectivity index (χ2n) is 2.32. The van der Waals surface area contributed by atoms with Crippen molar-refractivity contribution in [1.82, 2.24) is 4.90 Å². The molecule has 54 valence electrons. The standard InChI is InChI=1S/C7H11N3/c1-7-9-4-6-10(7)5-2-3-8/h2,4-6H2,1H3. The number of rotatable bonds is 2. The molecule has 0 aromatic heterocycles. The van der Waals surface area contributed by atoms with Gasteiger partial charge < -0.3 is 4.90 Å². The molecule has 10 heavy (non-hydrogen) atoms. The Balaban J connectivity index is 2.30. The molecular formula is C7H11N3. The molecule has 0 spiro atoms. The van der Waals surface area contributed by atoms with Crippen molar-refractivity contribution >= 4 is 5.84 Å². The number of nitriles is 1. The van der Waals surface area contributed by atoms with Crippen molar-refractivity contribution < 1.29 is 0 Å². The van der Waals surface area contributed by atoms with E-state index in [4.69, 9.17) is 5.26 Å². The van der Waals surface area contributed by atoms with E-state index < -0.39 is 0 Å². The lowest BCUT2D eigenvalue weighted by Gasteiger charge is -2.14. The van der Waals surface area contributed by atoms with Gasteiger partial charge in [0.15, 0.2) is 0 Å². The Hall–Kier alpha value is -1.04. The second-order valence-corrected chi connectivity index (χ2v) is 2.32. The molecule has 0 radical (unpaired) electrons. The van der Waals surface area contributed by atoms with Gasteiger partial charge in [0.1, 0.15) is 0 Å². The molecule has 0 aromatic carbocycles. The summed E-state index contributed by atoms with van der Waals surface area (Å²) in [6.07, 6.45) is 0.604. The van der Waals surface area contributed by atoms with Gasteiger partial charge >= 0.3 is 0 Å². The summed E-state index contributed by atoms with van der Waals surface area (Å²) in [6.45, 7) is 4.72. The van der Waals surface area contributed by atoms with Gasteiger partial charge in [0, 0.05) is 13.1 Å². The van der Waals surface area contributed by atoms with E-state index in [0.29, 0.717) is 6.42 Å². The second kappa shape index (κ2) is 3.21. The quantitative estimate of drug-likeness (QED) is 0.560. The predicted molar refractivity (Wildman–Crippen MR) is 39.8 cm³/mol. The van der Waals surface area contributed by atoms with E-state index in [9.17, 15) is 0 Å². The Bertz CT molecular complexity index is 178. The molecule has 3 nitrogen and oxygen atoms in total. The Labute approximate surface area is 61.0 Å². The van der Waals surface area contributed by atoms with Crippen LogP contribution < -0.4 is 0 Å². The lowest BCUT2D eigenvalue weighted by Crippen LogP contribution is -2.26. The molecule has 0 saturated heterocycles. The molecule has 0 fully saturated rings. The number of nitrogens with zero attached hydrogens (tertiary/aromatic N) is 3. The maximum atomic E-state index is 8.30. The van der Waals surface area contributed by atoms with Crippen LogP contribution in [-0.2, 0) is 0 Å². The highest BCUT2D eigenvalue weighted by molar-refractivity contribution is 5.81. The third-order valence-corrected chi connectivity index (χ3v) is 1.66. The summed E-state index contributed by atoms with van der Waals surface area (Å²) in [5.74, 6) is 1.08. The van der Waals surface area contributed by atoms with Gasteiger partial charge in [0.05, 0.1) is 24.9 Å². The third kappa shape index (κ3) is 1.47. The van der Waals surface area contributed by atoms with Crippen LogP contribution in [0.15, 0.2) is 4.99 Å². The van der Waals surface area contributed by atoms with Crippen molar-refractivity contribution in [3.8, 4) is 6.07 Å². The Morgan fingerprint density at radius 2 is 2.60 bits per heavy atom. The van der Waals surface area contributed by atoms with Gasteiger partial charge in [-0.15, -0.1) is 0 Å². The molecule has 0 aliphatic carbocycles. The fourth-order valence-electron chi connectivity index (χ4n) is 1.05. The van der Waals surface area contributed by atoms with Crippen LogP contribution in [0.25, 0.3) is 0 Å². The fraction of sp³-hybridized carbons (Fsp3) is 0.714. The third-order valence-electron chi connectivity index (χ3n) is 1.66. The van der Waals surface area contributed by atoms with E-state index in [1.54, 1.807) is 0 Å². The molecule has 0 saturated carbocycles. The summed E-state index contributed by atoms with van der Waals surface area (Å²) in [4.78, 5) is 6.35. The van der Waals surface area contributed by atoms with E-state index in [2.05, 4.69) is 16.0 Å². The monoisotopic (exact) mass is 137 g/mol. The molecule has 0 atom stereocenters. The highest BCUT2D eigenvalue weighted by atomic mass is 15.2. The maximum Gasteiger partial charge on any atom is 0.0959 e. The molecule has 1 rings (SSSR count). The summed E-state index contributed by atoms with van der Waals surface area (Å²) in [5, 5.41) is 8.30. The summed E-state index contributed by atoms with van der Waals surface area (Å²) < 4.78 is 0. The summed E-state index contributed by atoms with van der Waals surface area (Å²) in [6, 6.07) is 2.12. The maximum absolute atomic E-state index is 8.30. The van der Waals surface area contributed by atoms with Crippen LogP contribution in [0.4, 0.5) is 0 Å². The molecule has 0 amide bonds. The van der Waals surface area contributed by atoms with E-state index in [1.807, 2.05) is 6.92 Å². The van der Waals surface area contributed by atoms with Crippen molar-refractivity contribution in [1.29, 1.82) is 5.26 Å². The van der Waals surface area contributed by atoms with Crippen molar-refractivity contribution in [3.63, 3.8) is 0 Å². The average molecular weight is 137 g/mol. The van der Waals surface area contributed by atoms with Gasteiger partial charge in [-0.1, -0.05) is 0 Å². The lowest BCUT2D eigenvalue weighted by atomic mass is 10.4. The normalized spacial score (nSPS) is 16.8. The first kappa shape index (κ1) is 7.07. The predicted octanol–water partition coefficient (Wildman–Crippen LogP) is 0.634. The molecule has 0 unspecified atom stereocenters. The van der Waals surface area contributed by atoms with Gasteiger partial charge in [-0.05, 0) is 6.92 Å². The van der Waals surface area contributed by atoms with Gasteiger partial charge in [0.25, 0.3) is 0 Å². The van der Waals surface area contributed by atoms with E-state index in [0.717, 1.165) is 25.5 Å². The first-order valence-electron chi connectivity index (χ1n) is 3.47. The summed E-state index contributed by atoms with van der Waals surface area (Å²) in [5.41, 5.74) is 0. The summed E-state index contributed by atoms with van der Waals surface area (Å²) in [7, 11) is 0. The van der Waals surface area contributed by atoms with E-state index in [-0.39, 0.29) is 0 Å². The molecule has 0 bridgehead atoms. The molecule has 0 aromatic rings. The van der Waals surface area contributed by atoms with Crippen LogP contribution in [0.5, 0.6) is 0 Å². The zero-order valence-electron chi connectivity index (χ0n) is 6.17. The van der Waals surface area contributed by atoms with Crippen LogP contribution >= 0.6 is 0 Å². The van der Waals surface area contributed by atoms with Gasteiger partial charge in [0.2, 0.25) is 0 Å². The number of aliphatic imine (C=N–C) groups is 1. The summed E-state index contributed by atoms with van der Waals surface area (Å²) >= 11 is 0. The fourth-order valence-corrected chi connectivity index (χ4v) is 1.05. The largest absolute Gasteiger partial charge is 0.358 e. The molecule has 1 heterocycles. The minimum atomic E-state index is 0.604. The molecule has 0 N–H and O–H groups in total. The first-order chi connectivity index (χ1) is 4.84. The number of amidine groups is 1. The minimum absolute atomic E-state index is 0.604. The topological polar surface area (TPSA) is 39.4 Å². The highest BCUT2D eigenvalue weighted by Gasteiger charge is 2.10. The number of hydrogen-bond donors (Lipinski definition) is 0. The zero-order chi connectivity index (χ0) is 7.40. The van der Waals surface area contributed by atoms with Crippen molar-refractivity contribution in [2.75, 3.05) is 19.6 Å².